The van der Waals surface area contributed by atoms with E-state index in [1.165, 1.54) is 17.3 Å². The fraction of sp³-hybridized carbons (Fsp3) is 0.647. The van der Waals surface area contributed by atoms with Gasteiger partial charge >= 0.3 is 0 Å². The maximum Gasteiger partial charge on any atom is 0.243 e. The van der Waals surface area contributed by atoms with Crippen LogP contribution < -0.4 is 10.2 Å². The average Bonchev–Trinajstić information content (AvgIpc) is 2.65. The summed E-state index contributed by atoms with van der Waals surface area (Å²) in [5.41, 5.74) is 0. The monoisotopic (exact) mass is 493 g/mol. The van der Waals surface area contributed by atoms with E-state index < -0.39 is 5.82 Å². The molecule has 1 amide bonds. The third-order valence-electron chi connectivity index (χ3n) is 4.32. The fourth-order valence-corrected chi connectivity index (χ4v) is 2.43. The van der Waals surface area contributed by atoms with Gasteiger partial charge in [-0.2, -0.15) is 0 Å². The molecule has 152 valence electrons. The van der Waals surface area contributed by atoms with Crippen LogP contribution in [0.4, 0.5) is 10.3 Å². The van der Waals surface area contributed by atoms with Crippen LogP contribution in [-0.2, 0) is 4.79 Å². The summed E-state index contributed by atoms with van der Waals surface area (Å²) in [6, 6.07) is 0.265. The normalized spacial score (nSPS) is 15.8. The van der Waals surface area contributed by atoms with E-state index in [-0.39, 0.29) is 42.5 Å². The maximum absolute atomic E-state index is 13.0. The first kappa shape index (κ1) is 23.3. The molecule has 0 aromatic carbocycles. The van der Waals surface area contributed by atoms with Crippen LogP contribution in [0.25, 0.3) is 0 Å². The maximum atomic E-state index is 13.0. The summed E-state index contributed by atoms with van der Waals surface area (Å²) < 4.78 is 13.0. The Kier molecular flexibility index (Phi) is 9.67. The van der Waals surface area contributed by atoms with Crippen molar-refractivity contribution in [2.24, 2.45) is 4.99 Å². The van der Waals surface area contributed by atoms with Crippen LogP contribution in [0, 0.1) is 5.82 Å². The van der Waals surface area contributed by atoms with Crippen molar-refractivity contribution < 1.29 is 9.18 Å². The number of amides is 1. The van der Waals surface area contributed by atoms with Crippen LogP contribution >= 0.6 is 24.0 Å². The van der Waals surface area contributed by atoms with Gasteiger partial charge < -0.3 is 20.0 Å². The summed E-state index contributed by atoms with van der Waals surface area (Å²) in [7, 11) is 3.45. The highest BCUT2D eigenvalue weighted by molar-refractivity contribution is 14.0. The predicted molar refractivity (Wildman–Crippen MR) is 115 cm³/mol. The number of nitrogens with one attached hydrogen (secondary N) is 1. The molecule has 1 saturated heterocycles. The summed E-state index contributed by atoms with van der Waals surface area (Å²) in [5, 5.41) is 3.40. The number of hydrogen-bond acceptors (Lipinski definition) is 5. The van der Waals surface area contributed by atoms with Crippen molar-refractivity contribution in [2.45, 2.75) is 26.3 Å². The van der Waals surface area contributed by atoms with Crippen LogP contribution in [-0.4, -0.2) is 84.5 Å². The van der Waals surface area contributed by atoms with E-state index in [0.717, 1.165) is 25.5 Å². The number of piperazine rings is 1. The number of anilines is 1. The molecular formula is C17H29FIN7O. The first-order chi connectivity index (χ1) is 12.4. The molecule has 27 heavy (non-hydrogen) atoms. The van der Waals surface area contributed by atoms with Crippen LogP contribution in [0.2, 0.25) is 0 Å². The average molecular weight is 493 g/mol. The fourth-order valence-electron chi connectivity index (χ4n) is 2.43. The number of hydrogen-bond donors (Lipinski definition) is 1. The summed E-state index contributed by atoms with van der Waals surface area (Å²) >= 11 is 0. The number of likely N-dealkylation sites (N-methyl/N-ethyl adjacent to an activating group) is 1. The van der Waals surface area contributed by atoms with Gasteiger partial charge in [-0.1, -0.05) is 6.92 Å². The Morgan fingerprint density at radius 3 is 2.41 bits per heavy atom. The van der Waals surface area contributed by atoms with Crippen LogP contribution in [0.3, 0.4) is 0 Å². The Labute approximate surface area is 177 Å². The van der Waals surface area contributed by atoms with E-state index in [0.29, 0.717) is 19.0 Å². The minimum Gasteiger partial charge on any atom is -0.354 e. The smallest absolute Gasteiger partial charge is 0.243 e. The zero-order valence-electron chi connectivity index (χ0n) is 16.4. The van der Waals surface area contributed by atoms with Crippen LogP contribution in [0.1, 0.15) is 20.3 Å². The molecule has 10 heteroatoms. The number of halogens is 2. The number of nitrogens with zero attached hydrogens (tertiary/aromatic N) is 6. The Morgan fingerprint density at radius 1 is 1.30 bits per heavy atom. The molecule has 0 bridgehead atoms. The lowest BCUT2D eigenvalue weighted by atomic mass is 10.2. The molecular weight excluding hydrogens is 464 g/mol. The van der Waals surface area contributed by atoms with Gasteiger partial charge in [-0.05, 0) is 13.3 Å². The van der Waals surface area contributed by atoms with Gasteiger partial charge in [0, 0.05) is 46.3 Å². The van der Waals surface area contributed by atoms with Crippen molar-refractivity contribution in [3.8, 4) is 0 Å². The first-order valence-electron chi connectivity index (χ1n) is 8.89. The van der Waals surface area contributed by atoms with Gasteiger partial charge in [0.2, 0.25) is 11.9 Å². The number of carbonyl (C=O) groups excluding carboxylic acids is 1. The first-order valence-corrected chi connectivity index (χ1v) is 8.89. The summed E-state index contributed by atoms with van der Waals surface area (Å²) in [6.07, 6.45) is 3.32. The SMILES string of the molecule is CCC(C)NC(=NCC(=O)N(C)C)N1CCN(c2ncc(F)cn2)CC1.I. The zero-order chi connectivity index (χ0) is 19.1. The largest absolute Gasteiger partial charge is 0.354 e. The van der Waals surface area contributed by atoms with E-state index in [4.69, 9.17) is 0 Å². The molecule has 0 aliphatic carbocycles. The summed E-state index contributed by atoms with van der Waals surface area (Å²) in [6.45, 7) is 7.16. The van der Waals surface area contributed by atoms with Gasteiger partial charge in [0.15, 0.2) is 11.8 Å². The van der Waals surface area contributed by atoms with Gasteiger partial charge in [-0.25, -0.2) is 19.4 Å². The van der Waals surface area contributed by atoms with E-state index in [9.17, 15) is 9.18 Å². The lowest BCUT2D eigenvalue weighted by molar-refractivity contribution is -0.127. The molecule has 1 aromatic heterocycles. The van der Waals surface area contributed by atoms with Gasteiger partial charge in [0.05, 0.1) is 12.4 Å². The van der Waals surface area contributed by atoms with Gasteiger partial charge in [-0.3, -0.25) is 4.79 Å². The number of guanidine groups is 1. The Balaban J connectivity index is 0.00000364. The highest BCUT2D eigenvalue weighted by Crippen LogP contribution is 2.11. The minimum absolute atomic E-state index is 0. The molecule has 2 heterocycles. The Morgan fingerprint density at radius 2 is 1.89 bits per heavy atom. The predicted octanol–water partition coefficient (Wildman–Crippen LogP) is 1.19. The number of aliphatic imine (C=N–C) groups is 1. The minimum atomic E-state index is -0.440. The standard InChI is InChI=1S/C17H28FN7O.HI/c1-5-13(2)22-17(21-12-15(26)23(3)4)25-8-6-24(7-9-25)16-19-10-14(18)11-20-16;/h10-11,13H,5-9,12H2,1-4H3,(H,21,22);1H. The van der Waals surface area contributed by atoms with Crippen molar-refractivity contribution in [2.75, 3.05) is 51.7 Å². The second kappa shape index (κ2) is 11.2. The molecule has 1 aromatic rings. The Bertz CT molecular complexity index is 618. The van der Waals surface area contributed by atoms with E-state index in [1.54, 1.807) is 14.1 Å². The molecule has 1 N–H and O–H groups in total. The second-order valence-electron chi connectivity index (χ2n) is 6.56. The van der Waals surface area contributed by atoms with Crippen LogP contribution in [0.5, 0.6) is 0 Å². The Hall–Kier alpha value is -1.72. The van der Waals surface area contributed by atoms with Crippen molar-refractivity contribution in [1.82, 2.24) is 25.1 Å². The number of rotatable bonds is 5. The third kappa shape index (κ3) is 7.07. The third-order valence-corrected chi connectivity index (χ3v) is 4.32. The second-order valence-corrected chi connectivity index (χ2v) is 6.56. The van der Waals surface area contributed by atoms with E-state index in [2.05, 4.69) is 39.0 Å². The molecule has 1 unspecified atom stereocenters. The molecule has 1 fully saturated rings. The van der Waals surface area contributed by atoms with Crippen LogP contribution in [0.15, 0.2) is 17.4 Å². The highest BCUT2D eigenvalue weighted by atomic mass is 127. The van der Waals surface area contributed by atoms with Crippen molar-refractivity contribution in [1.29, 1.82) is 0 Å². The number of aromatic nitrogens is 2. The topological polar surface area (TPSA) is 77.0 Å². The molecule has 0 spiro atoms. The molecule has 0 radical (unpaired) electrons. The zero-order valence-corrected chi connectivity index (χ0v) is 18.7. The molecule has 2 rings (SSSR count). The van der Waals surface area contributed by atoms with Gasteiger partial charge in [0.25, 0.3) is 0 Å². The summed E-state index contributed by atoms with van der Waals surface area (Å²) in [5.74, 6) is 0.799. The lowest BCUT2D eigenvalue weighted by Gasteiger charge is -2.37. The van der Waals surface area contributed by atoms with E-state index >= 15 is 0 Å². The molecule has 0 saturated carbocycles. The van der Waals surface area contributed by atoms with Gasteiger partial charge in [0.1, 0.15) is 6.54 Å². The van der Waals surface area contributed by atoms with E-state index in [1.807, 2.05) is 4.90 Å². The summed E-state index contributed by atoms with van der Waals surface area (Å²) in [4.78, 5) is 30.1. The van der Waals surface area contributed by atoms with Crippen molar-refractivity contribution in [3.63, 3.8) is 0 Å². The van der Waals surface area contributed by atoms with Crippen molar-refractivity contribution in [3.05, 3.63) is 18.2 Å². The van der Waals surface area contributed by atoms with Crippen molar-refractivity contribution >= 4 is 41.8 Å². The number of carbonyl (C=O) groups is 1. The molecule has 1 aliphatic heterocycles. The van der Waals surface area contributed by atoms with Gasteiger partial charge in [-0.15, -0.1) is 24.0 Å². The highest BCUT2D eigenvalue weighted by Gasteiger charge is 2.22. The molecule has 1 aliphatic rings. The molecule has 1 atom stereocenters. The quantitative estimate of drug-likeness (QED) is 0.378. The lowest BCUT2D eigenvalue weighted by Crippen LogP contribution is -2.54. The molecule has 8 nitrogen and oxygen atoms in total.